The van der Waals surface area contributed by atoms with Crippen LogP contribution in [0.3, 0.4) is 0 Å². The number of hydrogen-bond donors (Lipinski definition) is 3. The number of hydrogen-bond acceptors (Lipinski definition) is 4. The van der Waals surface area contributed by atoms with Crippen molar-refractivity contribution in [2.45, 2.75) is 32.1 Å². The number of nitrogens with one attached hydrogen (secondary N) is 3. The average Bonchev–Trinajstić information content (AvgIpc) is 2.79. The predicted octanol–water partition coefficient (Wildman–Crippen LogP) is 3.58. The maximum absolute atomic E-state index is 12.4. The number of amides is 3. The van der Waals surface area contributed by atoms with Crippen molar-refractivity contribution in [3.63, 3.8) is 0 Å². The summed E-state index contributed by atoms with van der Waals surface area (Å²) in [6, 6.07) is 13.7. The monoisotopic (exact) mass is 409 g/mol. The van der Waals surface area contributed by atoms with E-state index in [9.17, 15) is 14.4 Å². The number of anilines is 2. The maximum atomic E-state index is 12.4. The summed E-state index contributed by atoms with van der Waals surface area (Å²) in [4.78, 5) is 36.7. The summed E-state index contributed by atoms with van der Waals surface area (Å²) in [5.41, 5.74) is 1.58. The quantitative estimate of drug-likeness (QED) is 0.651. The molecule has 0 heterocycles. The fourth-order valence-corrected chi connectivity index (χ4v) is 3.53. The molecule has 2 aromatic carbocycles. The van der Waals surface area contributed by atoms with Gasteiger partial charge in [-0.3, -0.25) is 14.4 Å². The van der Waals surface area contributed by atoms with Crippen LogP contribution >= 0.6 is 0 Å². The Morgan fingerprint density at radius 1 is 0.933 bits per heavy atom. The first-order chi connectivity index (χ1) is 14.6. The summed E-state index contributed by atoms with van der Waals surface area (Å²) < 4.78 is 5.23. The van der Waals surface area contributed by atoms with Crippen molar-refractivity contribution < 1.29 is 19.1 Å². The SMILES string of the molecule is COc1ccccc1NC(=O)c1ccc(NC(=O)CNC(=O)C2CCCCC2)cc1. The molecule has 0 bridgehead atoms. The van der Waals surface area contributed by atoms with E-state index in [4.69, 9.17) is 4.74 Å². The van der Waals surface area contributed by atoms with Crippen LogP contribution in [0.2, 0.25) is 0 Å². The number of benzene rings is 2. The van der Waals surface area contributed by atoms with Crippen molar-refractivity contribution in [3.05, 3.63) is 54.1 Å². The van der Waals surface area contributed by atoms with Crippen molar-refractivity contribution in [1.82, 2.24) is 5.32 Å². The summed E-state index contributed by atoms with van der Waals surface area (Å²) in [7, 11) is 1.54. The average molecular weight is 409 g/mol. The lowest BCUT2D eigenvalue weighted by molar-refractivity contribution is -0.128. The Hall–Kier alpha value is -3.35. The first-order valence-electron chi connectivity index (χ1n) is 10.2. The highest BCUT2D eigenvalue weighted by Gasteiger charge is 2.21. The third-order valence-corrected chi connectivity index (χ3v) is 5.19. The molecule has 0 spiro atoms. The normalized spacial score (nSPS) is 13.9. The van der Waals surface area contributed by atoms with Gasteiger partial charge in [-0.2, -0.15) is 0 Å². The highest BCUT2D eigenvalue weighted by molar-refractivity contribution is 6.05. The Kier molecular flexibility index (Phi) is 7.43. The first kappa shape index (κ1) is 21.4. The minimum atomic E-state index is -0.301. The van der Waals surface area contributed by atoms with Gasteiger partial charge < -0.3 is 20.7 Å². The van der Waals surface area contributed by atoms with E-state index in [-0.39, 0.29) is 30.2 Å². The Balaban J connectivity index is 1.49. The zero-order valence-electron chi connectivity index (χ0n) is 17.1. The molecule has 0 aromatic heterocycles. The lowest BCUT2D eigenvalue weighted by Crippen LogP contribution is -2.37. The molecule has 3 amide bonds. The smallest absolute Gasteiger partial charge is 0.255 e. The largest absolute Gasteiger partial charge is 0.495 e. The number of methoxy groups -OCH3 is 1. The minimum Gasteiger partial charge on any atom is -0.495 e. The summed E-state index contributed by atoms with van der Waals surface area (Å²) in [6.07, 6.45) is 5.11. The van der Waals surface area contributed by atoms with Gasteiger partial charge >= 0.3 is 0 Å². The van der Waals surface area contributed by atoms with Crippen LogP contribution < -0.4 is 20.7 Å². The number of ether oxygens (including phenoxy) is 1. The van der Waals surface area contributed by atoms with Gasteiger partial charge in [0.1, 0.15) is 5.75 Å². The second-order valence-electron chi connectivity index (χ2n) is 7.33. The van der Waals surface area contributed by atoms with Gasteiger partial charge in [0, 0.05) is 17.2 Å². The van der Waals surface area contributed by atoms with Crippen LogP contribution in [0.15, 0.2) is 48.5 Å². The molecular formula is C23H27N3O4. The molecule has 1 aliphatic carbocycles. The maximum Gasteiger partial charge on any atom is 0.255 e. The van der Waals surface area contributed by atoms with Crippen LogP contribution in [-0.2, 0) is 9.59 Å². The molecule has 0 radical (unpaired) electrons. The fraction of sp³-hybridized carbons (Fsp3) is 0.348. The second-order valence-corrected chi connectivity index (χ2v) is 7.33. The van der Waals surface area contributed by atoms with E-state index >= 15 is 0 Å². The van der Waals surface area contributed by atoms with Gasteiger partial charge in [-0.15, -0.1) is 0 Å². The number of carbonyl (C=O) groups is 3. The van der Waals surface area contributed by atoms with E-state index in [1.807, 2.05) is 12.1 Å². The van der Waals surface area contributed by atoms with E-state index in [0.29, 0.717) is 22.7 Å². The van der Waals surface area contributed by atoms with Gasteiger partial charge in [-0.1, -0.05) is 31.4 Å². The van der Waals surface area contributed by atoms with Gasteiger partial charge in [0.25, 0.3) is 5.91 Å². The number of rotatable bonds is 7. The van der Waals surface area contributed by atoms with Gasteiger partial charge in [-0.25, -0.2) is 0 Å². The molecule has 1 aliphatic rings. The van der Waals surface area contributed by atoms with Crippen LogP contribution in [-0.4, -0.2) is 31.4 Å². The molecule has 1 fully saturated rings. The van der Waals surface area contributed by atoms with Gasteiger partial charge in [0.05, 0.1) is 19.3 Å². The molecular weight excluding hydrogens is 382 g/mol. The Morgan fingerprint density at radius 2 is 1.63 bits per heavy atom. The van der Waals surface area contributed by atoms with Crippen LogP contribution in [0.1, 0.15) is 42.5 Å². The van der Waals surface area contributed by atoms with E-state index < -0.39 is 0 Å². The molecule has 7 heteroatoms. The van der Waals surface area contributed by atoms with Crippen LogP contribution in [0.5, 0.6) is 5.75 Å². The van der Waals surface area contributed by atoms with Crippen molar-refractivity contribution in [2.75, 3.05) is 24.3 Å². The van der Waals surface area contributed by atoms with Crippen LogP contribution in [0.4, 0.5) is 11.4 Å². The Morgan fingerprint density at radius 3 is 2.33 bits per heavy atom. The lowest BCUT2D eigenvalue weighted by atomic mass is 9.89. The first-order valence-corrected chi connectivity index (χ1v) is 10.2. The molecule has 0 saturated heterocycles. The number of carbonyl (C=O) groups excluding carboxylic acids is 3. The molecule has 3 rings (SSSR count). The van der Waals surface area contributed by atoms with Crippen molar-refractivity contribution in [1.29, 1.82) is 0 Å². The molecule has 0 unspecified atom stereocenters. The zero-order valence-corrected chi connectivity index (χ0v) is 17.1. The van der Waals surface area contributed by atoms with E-state index in [1.54, 1.807) is 43.5 Å². The summed E-state index contributed by atoms with van der Waals surface area (Å²) in [6.45, 7) is -0.0641. The standard InChI is InChI=1S/C23H27N3O4/c1-30-20-10-6-5-9-19(20)26-23(29)17-11-13-18(14-12-17)25-21(27)15-24-22(28)16-7-3-2-4-8-16/h5-6,9-14,16H,2-4,7-8,15H2,1H3,(H,24,28)(H,25,27)(H,26,29). The van der Waals surface area contributed by atoms with Crippen molar-refractivity contribution >= 4 is 29.1 Å². The molecule has 1 saturated carbocycles. The molecule has 2 aromatic rings. The topological polar surface area (TPSA) is 96.5 Å². The van der Waals surface area contributed by atoms with Gasteiger partial charge in [0.15, 0.2) is 0 Å². The van der Waals surface area contributed by atoms with Gasteiger partial charge in [-0.05, 0) is 49.2 Å². The molecule has 3 N–H and O–H groups in total. The van der Waals surface area contributed by atoms with Crippen molar-refractivity contribution in [3.8, 4) is 5.75 Å². The Labute approximate surface area is 176 Å². The van der Waals surface area contributed by atoms with Crippen LogP contribution in [0, 0.1) is 5.92 Å². The van der Waals surface area contributed by atoms with Gasteiger partial charge in [0.2, 0.25) is 11.8 Å². The predicted molar refractivity (Wildman–Crippen MR) is 116 cm³/mol. The van der Waals surface area contributed by atoms with Crippen molar-refractivity contribution in [2.24, 2.45) is 5.92 Å². The summed E-state index contributed by atoms with van der Waals surface area (Å²) in [5.74, 6) is -0.0340. The summed E-state index contributed by atoms with van der Waals surface area (Å²) in [5, 5.41) is 8.25. The molecule has 158 valence electrons. The highest BCUT2D eigenvalue weighted by atomic mass is 16.5. The fourth-order valence-electron chi connectivity index (χ4n) is 3.53. The third kappa shape index (κ3) is 5.83. The molecule has 0 aliphatic heterocycles. The highest BCUT2D eigenvalue weighted by Crippen LogP contribution is 2.24. The van der Waals surface area contributed by atoms with Crippen LogP contribution in [0.25, 0.3) is 0 Å². The second kappa shape index (κ2) is 10.4. The molecule has 30 heavy (non-hydrogen) atoms. The minimum absolute atomic E-state index is 0.0209. The zero-order chi connectivity index (χ0) is 21.3. The lowest BCUT2D eigenvalue weighted by Gasteiger charge is -2.20. The third-order valence-electron chi connectivity index (χ3n) is 5.19. The van der Waals surface area contributed by atoms with E-state index in [0.717, 1.165) is 25.7 Å². The molecule has 7 nitrogen and oxygen atoms in total. The Bertz CT molecular complexity index is 890. The number of para-hydroxylation sites is 2. The van der Waals surface area contributed by atoms with E-state index in [2.05, 4.69) is 16.0 Å². The van der Waals surface area contributed by atoms with E-state index in [1.165, 1.54) is 6.42 Å². The molecule has 0 atom stereocenters. The summed E-state index contributed by atoms with van der Waals surface area (Å²) >= 11 is 0.